The fourth-order valence-corrected chi connectivity index (χ4v) is 2.11. The summed E-state index contributed by atoms with van der Waals surface area (Å²) in [6.45, 7) is 1.93. The molecule has 5 nitrogen and oxygen atoms in total. The van der Waals surface area contributed by atoms with Gasteiger partial charge in [0.1, 0.15) is 5.69 Å². The predicted octanol–water partition coefficient (Wildman–Crippen LogP) is 3.34. The molecule has 0 atom stereocenters. The molecule has 0 amide bonds. The molecule has 3 aromatic rings. The van der Waals surface area contributed by atoms with Crippen LogP contribution in [0.1, 0.15) is 5.56 Å². The van der Waals surface area contributed by atoms with Gasteiger partial charge in [-0.2, -0.15) is 4.98 Å². The van der Waals surface area contributed by atoms with Gasteiger partial charge in [-0.1, -0.05) is 16.8 Å². The summed E-state index contributed by atoms with van der Waals surface area (Å²) < 4.78 is 5.28. The molecule has 0 spiro atoms. The van der Waals surface area contributed by atoms with E-state index in [0.717, 1.165) is 11.1 Å². The van der Waals surface area contributed by atoms with Crippen LogP contribution >= 0.6 is 11.6 Å². The lowest BCUT2D eigenvalue weighted by molar-refractivity contribution is 0.432. The number of benzene rings is 1. The summed E-state index contributed by atoms with van der Waals surface area (Å²) in [6, 6.07) is 8.97. The third-order valence-electron chi connectivity index (χ3n) is 2.88. The van der Waals surface area contributed by atoms with Crippen molar-refractivity contribution in [2.75, 3.05) is 5.73 Å². The fourth-order valence-electron chi connectivity index (χ4n) is 1.91. The van der Waals surface area contributed by atoms with Gasteiger partial charge < -0.3 is 10.3 Å². The number of nitrogen functional groups attached to an aromatic ring is 1. The normalized spacial score (nSPS) is 10.7. The number of hydrogen-bond donors (Lipinski definition) is 1. The van der Waals surface area contributed by atoms with Crippen LogP contribution < -0.4 is 5.73 Å². The van der Waals surface area contributed by atoms with Gasteiger partial charge in [-0.15, -0.1) is 0 Å². The van der Waals surface area contributed by atoms with Crippen LogP contribution in [-0.2, 0) is 0 Å². The Labute approximate surface area is 120 Å². The zero-order valence-corrected chi connectivity index (χ0v) is 11.4. The summed E-state index contributed by atoms with van der Waals surface area (Å²) in [5.41, 5.74) is 8.72. The van der Waals surface area contributed by atoms with Crippen molar-refractivity contribution in [3.05, 3.63) is 47.1 Å². The molecule has 0 saturated heterocycles. The molecule has 0 unspecified atom stereocenters. The van der Waals surface area contributed by atoms with Crippen molar-refractivity contribution in [2.45, 2.75) is 6.92 Å². The number of aryl methyl sites for hydroxylation is 1. The van der Waals surface area contributed by atoms with Gasteiger partial charge in [0.25, 0.3) is 5.89 Å². The molecule has 100 valence electrons. The van der Waals surface area contributed by atoms with E-state index in [1.807, 2.05) is 19.1 Å². The number of aromatic nitrogens is 3. The number of hydrogen-bond acceptors (Lipinski definition) is 5. The van der Waals surface area contributed by atoms with E-state index in [4.69, 9.17) is 21.9 Å². The quantitative estimate of drug-likeness (QED) is 0.731. The number of pyridine rings is 1. The van der Waals surface area contributed by atoms with Crippen molar-refractivity contribution in [3.8, 4) is 23.0 Å². The summed E-state index contributed by atoms with van der Waals surface area (Å²) in [4.78, 5) is 8.49. The van der Waals surface area contributed by atoms with E-state index in [0.29, 0.717) is 28.1 Å². The Morgan fingerprint density at radius 1 is 1.25 bits per heavy atom. The Balaban J connectivity index is 2.04. The molecular formula is C14H11ClN4O. The highest BCUT2D eigenvalue weighted by molar-refractivity contribution is 6.32. The molecule has 0 aliphatic rings. The topological polar surface area (TPSA) is 77.8 Å². The maximum absolute atomic E-state index is 6.07. The molecule has 0 saturated carbocycles. The van der Waals surface area contributed by atoms with Crippen LogP contribution in [0.3, 0.4) is 0 Å². The summed E-state index contributed by atoms with van der Waals surface area (Å²) in [5.74, 6) is 0.779. The first-order valence-corrected chi connectivity index (χ1v) is 6.34. The minimum Gasteiger partial charge on any atom is -0.399 e. The Hall–Kier alpha value is -2.40. The molecule has 0 fully saturated rings. The van der Waals surface area contributed by atoms with E-state index in [2.05, 4.69) is 15.1 Å². The molecule has 3 rings (SSSR count). The Morgan fingerprint density at radius 2 is 2.10 bits per heavy atom. The number of anilines is 1. The molecule has 0 radical (unpaired) electrons. The summed E-state index contributed by atoms with van der Waals surface area (Å²) in [7, 11) is 0. The van der Waals surface area contributed by atoms with Gasteiger partial charge in [-0.05, 0) is 42.8 Å². The van der Waals surface area contributed by atoms with Gasteiger partial charge in [0.15, 0.2) is 0 Å². The van der Waals surface area contributed by atoms with Crippen LogP contribution in [0.15, 0.2) is 41.1 Å². The third kappa shape index (κ3) is 2.23. The Bertz CT molecular complexity index is 769. The maximum atomic E-state index is 6.07. The number of nitrogens with zero attached hydrogens (tertiary/aromatic N) is 3. The van der Waals surface area contributed by atoms with E-state index < -0.39 is 0 Å². The van der Waals surface area contributed by atoms with Crippen molar-refractivity contribution in [2.24, 2.45) is 0 Å². The lowest BCUT2D eigenvalue weighted by Crippen LogP contribution is -1.89. The molecule has 2 aromatic heterocycles. The first kappa shape index (κ1) is 12.6. The minimum absolute atomic E-state index is 0.363. The smallest absolute Gasteiger partial charge is 0.258 e. The molecular weight excluding hydrogens is 276 g/mol. The number of rotatable bonds is 2. The molecule has 20 heavy (non-hydrogen) atoms. The summed E-state index contributed by atoms with van der Waals surface area (Å²) in [6.07, 6.45) is 1.63. The molecule has 1 aromatic carbocycles. The van der Waals surface area contributed by atoms with Gasteiger partial charge >= 0.3 is 0 Å². The van der Waals surface area contributed by atoms with Gasteiger partial charge in [-0.25, -0.2) is 0 Å². The third-order valence-corrected chi connectivity index (χ3v) is 3.18. The average Bonchev–Trinajstić information content (AvgIpc) is 2.88. The first-order chi connectivity index (χ1) is 9.65. The summed E-state index contributed by atoms with van der Waals surface area (Å²) in [5, 5.41) is 4.40. The van der Waals surface area contributed by atoms with E-state index in [-0.39, 0.29) is 0 Å². The zero-order chi connectivity index (χ0) is 14.1. The largest absolute Gasteiger partial charge is 0.399 e. The van der Waals surface area contributed by atoms with Crippen molar-refractivity contribution in [1.82, 2.24) is 15.1 Å². The molecule has 0 bridgehead atoms. The van der Waals surface area contributed by atoms with E-state index in [1.54, 1.807) is 24.4 Å². The van der Waals surface area contributed by atoms with Crippen LogP contribution in [0.4, 0.5) is 5.69 Å². The van der Waals surface area contributed by atoms with E-state index in [9.17, 15) is 0 Å². The highest BCUT2D eigenvalue weighted by Gasteiger charge is 2.15. The van der Waals surface area contributed by atoms with Crippen LogP contribution in [0.5, 0.6) is 0 Å². The SMILES string of the molecule is Cc1cc(N)ccc1-c1nc(-c2ncccc2Cl)no1. The Kier molecular flexibility index (Phi) is 3.12. The van der Waals surface area contributed by atoms with Gasteiger partial charge in [0, 0.05) is 17.4 Å². The van der Waals surface area contributed by atoms with Gasteiger partial charge in [0.2, 0.25) is 5.82 Å². The summed E-state index contributed by atoms with van der Waals surface area (Å²) >= 11 is 6.07. The molecule has 0 aliphatic carbocycles. The number of nitrogens with two attached hydrogens (primary N) is 1. The average molecular weight is 287 g/mol. The van der Waals surface area contributed by atoms with Crippen molar-refractivity contribution in [1.29, 1.82) is 0 Å². The standard InChI is InChI=1S/C14H11ClN4O/c1-8-7-9(16)4-5-10(8)14-18-13(19-20-14)12-11(15)3-2-6-17-12/h2-7H,16H2,1H3. The van der Waals surface area contributed by atoms with E-state index in [1.165, 1.54) is 0 Å². The van der Waals surface area contributed by atoms with Crippen molar-refractivity contribution < 1.29 is 4.52 Å². The van der Waals surface area contributed by atoms with Crippen LogP contribution in [-0.4, -0.2) is 15.1 Å². The van der Waals surface area contributed by atoms with Gasteiger partial charge in [0.05, 0.1) is 5.02 Å². The van der Waals surface area contributed by atoms with Crippen molar-refractivity contribution in [3.63, 3.8) is 0 Å². The molecule has 6 heteroatoms. The predicted molar refractivity (Wildman–Crippen MR) is 77.1 cm³/mol. The number of halogens is 1. The maximum Gasteiger partial charge on any atom is 0.258 e. The Morgan fingerprint density at radius 3 is 2.85 bits per heavy atom. The second-order valence-electron chi connectivity index (χ2n) is 4.33. The first-order valence-electron chi connectivity index (χ1n) is 5.96. The van der Waals surface area contributed by atoms with Gasteiger partial charge in [-0.3, -0.25) is 4.98 Å². The van der Waals surface area contributed by atoms with Crippen molar-refractivity contribution >= 4 is 17.3 Å². The second kappa shape index (κ2) is 4.94. The highest BCUT2D eigenvalue weighted by atomic mass is 35.5. The van der Waals surface area contributed by atoms with Crippen LogP contribution in [0, 0.1) is 6.92 Å². The molecule has 2 N–H and O–H groups in total. The lowest BCUT2D eigenvalue weighted by Gasteiger charge is -2.01. The van der Waals surface area contributed by atoms with E-state index >= 15 is 0 Å². The molecule has 0 aliphatic heterocycles. The highest BCUT2D eigenvalue weighted by Crippen LogP contribution is 2.27. The zero-order valence-electron chi connectivity index (χ0n) is 10.7. The fraction of sp³-hybridized carbons (Fsp3) is 0.0714. The van der Waals surface area contributed by atoms with Crippen LogP contribution in [0.25, 0.3) is 23.0 Å². The monoisotopic (exact) mass is 286 g/mol. The molecule has 2 heterocycles. The van der Waals surface area contributed by atoms with Crippen LogP contribution in [0.2, 0.25) is 5.02 Å². The minimum atomic E-state index is 0.363. The second-order valence-corrected chi connectivity index (χ2v) is 4.74. The lowest BCUT2D eigenvalue weighted by atomic mass is 10.1.